The van der Waals surface area contributed by atoms with Crippen molar-refractivity contribution in [2.45, 2.75) is 13.0 Å². The lowest BCUT2D eigenvalue weighted by molar-refractivity contribution is 0.0947. The maximum atomic E-state index is 11.8. The van der Waals surface area contributed by atoms with Gasteiger partial charge in [-0.3, -0.25) is 4.79 Å². The summed E-state index contributed by atoms with van der Waals surface area (Å²) in [7, 11) is 1.54. The first-order valence-corrected chi connectivity index (χ1v) is 4.95. The van der Waals surface area contributed by atoms with E-state index < -0.39 is 0 Å². The number of hydrogen-bond donors (Lipinski definition) is 2. The Balaban J connectivity index is 2.93. The molecule has 1 aromatic carbocycles. The molecule has 3 N–H and O–H groups in total. The highest BCUT2D eigenvalue weighted by Crippen LogP contribution is 2.19. The molecule has 0 radical (unpaired) electrons. The second kappa shape index (κ2) is 5.21. The van der Waals surface area contributed by atoms with Crippen LogP contribution in [0.2, 0.25) is 0 Å². The van der Waals surface area contributed by atoms with E-state index in [0.29, 0.717) is 17.0 Å². The summed E-state index contributed by atoms with van der Waals surface area (Å²) in [6.45, 7) is 5.43. The van der Waals surface area contributed by atoms with E-state index in [2.05, 4.69) is 11.9 Å². The Bertz CT molecular complexity index is 402. The molecule has 0 saturated heterocycles. The van der Waals surface area contributed by atoms with Gasteiger partial charge in [-0.1, -0.05) is 6.08 Å². The zero-order chi connectivity index (χ0) is 12.1. The van der Waals surface area contributed by atoms with E-state index in [9.17, 15) is 4.79 Å². The van der Waals surface area contributed by atoms with Crippen LogP contribution in [0.4, 0.5) is 5.69 Å². The molecule has 86 valence electrons. The van der Waals surface area contributed by atoms with Crippen LogP contribution in [0.1, 0.15) is 17.3 Å². The number of methoxy groups -OCH3 is 1. The van der Waals surface area contributed by atoms with Crippen LogP contribution < -0.4 is 15.8 Å². The summed E-state index contributed by atoms with van der Waals surface area (Å²) < 4.78 is 5.04. The van der Waals surface area contributed by atoms with Crippen molar-refractivity contribution < 1.29 is 9.53 Å². The van der Waals surface area contributed by atoms with Crippen molar-refractivity contribution in [2.75, 3.05) is 12.8 Å². The average molecular weight is 220 g/mol. The van der Waals surface area contributed by atoms with Crippen molar-refractivity contribution >= 4 is 11.6 Å². The Morgan fingerprint density at radius 1 is 1.62 bits per heavy atom. The topological polar surface area (TPSA) is 64.3 Å². The van der Waals surface area contributed by atoms with Crippen molar-refractivity contribution in [3.05, 3.63) is 36.4 Å². The molecule has 0 fully saturated rings. The Labute approximate surface area is 95.1 Å². The first-order chi connectivity index (χ1) is 7.58. The molecule has 1 atom stereocenters. The van der Waals surface area contributed by atoms with Crippen molar-refractivity contribution in [3.63, 3.8) is 0 Å². The van der Waals surface area contributed by atoms with E-state index in [0.717, 1.165) is 0 Å². The van der Waals surface area contributed by atoms with Crippen molar-refractivity contribution in [1.82, 2.24) is 5.32 Å². The molecule has 0 heterocycles. The fourth-order valence-electron chi connectivity index (χ4n) is 1.20. The molecule has 0 aliphatic heterocycles. The third kappa shape index (κ3) is 2.76. The van der Waals surface area contributed by atoms with E-state index in [4.69, 9.17) is 10.5 Å². The van der Waals surface area contributed by atoms with Crippen LogP contribution in [0.3, 0.4) is 0 Å². The summed E-state index contributed by atoms with van der Waals surface area (Å²) in [6.07, 6.45) is 1.65. The van der Waals surface area contributed by atoms with Crippen LogP contribution in [0.5, 0.6) is 5.75 Å². The van der Waals surface area contributed by atoms with Gasteiger partial charge in [-0.15, -0.1) is 6.58 Å². The number of hydrogen-bond acceptors (Lipinski definition) is 3. The monoisotopic (exact) mass is 220 g/mol. The van der Waals surface area contributed by atoms with Crippen LogP contribution in [-0.2, 0) is 0 Å². The van der Waals surface area contributed by atoms with Crippen molar-refractivity contribution in [1.29, 1.82) is 0 Å². The molecule has 16 heavy (non-hydrogen) atoms. The predicted octanol–water partition coefficient (Wildman–Crippen LogP) is 1.58. The minimum Gasteiger partial charge on any atom is -0.497 e. The van der Waals surface area contributed by atoms with Gasteiger partial charge < -0.3 is 15.8 Å². The summed E-state index contributed by atoms with van der Waals surface area (Å²) >= 11 is 0. The van der Waals surface area contributed by atoms with Crippen LogP contribution in [0, 0.1) is 0 Å². The summed E-state index contributed by atoms with van der Waals surface area (Å²) in [5.41, 5.74) is 6.56. The summed E-state index contributed by atoms with van der Waals surface area (Å²) in [6, 6.07) is 4.87. The number of rotatable bonds is 4. The fraction of sp³-hybridized carbons (Fsp3) is 0.250. The van der Waals surface area contributed by atoms with E-state index in [1.165, 1.54) is 0 Å². The number of nitrogens with two attached hydrogens (primary N) is 1. The quantitative estimate of drug-likeness (QED) is 0.598. The highest BCUT2D eigenvalue weighted by atomic mass is 16.5. The molecule has 0 aliphatic carbocycles. The van der Waals surface area contributed by atoms with E-state index >= 15 is 0 Å². The second-order valence-electron chi connectivity index (χ2n) is 3.45. The number of carbonyl (C=O) groups excluding carboxylic acids is 1. The van der Waals surface area contributed by atoms with E-state index in [1.54, 1.807) is 31.4 Å². The number of carbonyl (C=O) groups is 1. The lowest BCUT2D eigenvalue weighted by Gasteiger charge is -2.11. The van der Waals surface area contributed by atoms with Gasteiger partial charge in [0.2, 0.25) is 0 Å². The zero-order valence-corrected chi connectivity index (χ0v) is 9.49. The standard InChI is InChI=1S/C12H16N2O2/c1-4-8(2)14-12(15)10-7-9(16-3)5-6-11(10)13/h4-8H,1,13H2,2-3H3,(H,14,15). The highest BCUT2D eigenvalue weighted by molar-refractivity contribution is 5.99. The van der Waals surface area contributed by atoms with Gasteiger partial charge in [0.25, 0.3) is 5.91 Å². The summed E-state index contributed by atoms with van der Waals surface area (Å²) in [5.74, 6) is 0.370. The molecule has 1 unspecified atom stereocenters. The smallest absolute Gasteiger partial charge is 0.253 e. The highest BCUT2D eigenvalue weighted by Gasteiger charge is 2.12. The number of nitrogens with one attached hydrogen (secondary N) is 1. The minimum absolute atomic E-state index is 0.0990. The largest absolute Gasteiger partial charge is 0.497 e. The number of ether oxygens (including phenoxy) is 1. The van der Waals surface area contributed by atoms with Crippen LogP contribution in [0.15, 0.2) is 30.9 Å². The van der Waals surface area contributed by atoms with E-state index in [1.807, 2.05) is 6.92 Å². The molecular weight excluding hydrogens is 204 g/mol. The third-order valence-electron chi connectivity index (χ3n) is 2.22. The van der Waals surface area contributed by atoms with Crippen LogP contribution >= 0.6 is 0 Å². The summed E-state index contributed by atoms with van der Waals surface area (Å²) in [5, 5.41) is 2.75. The Hall–Kier alpha value is -1.97. The molecular formula is C12H16N2O2. The first-order valence-electron chi connectivity index (χ1n) is 4.95. The van der Waals surface area contributed by atoms with Gasteiger partial charge in [0.05, 0.1) is 12.7 Å². The first kappa shape index (κ1) is 12.1. The summed E-state index contributed by atoms with van der Waals surface area (Å²) in [4.78, 5) is 11.8. The molecule has 1 rings (SSSR count). The number of nitrogen functional groups attached to an aromatic ring is 1. The van der Waals surface area contributed by atoms with Crippen molar-refractivity contribution in [2.24, 2.45) is 0 Å². The van der Waals surface area contributed by atoms with Crippen LogP contribution in [0.25, 0.3) is 0 Å². The van der Waals surface area contributed by atoms with Gasteiger partial charge in [0, 0.05) is 11.7 Å². The SMILES string of the molecule is C=CC(C)NC(=O)c1cc(OC)ccc1N. The van der Waals surface area contributed by atoms with E-state index in [-0.39, 0.29) is 11.9 Å². The maximum Gasteiger partial charge on any atom is 0.253 e. The lowest BCUT2D eigenvalue weighted by atomic mass is 10.1. The van der Waals surface area contributed by atoms with Gasteiger partial charge in [0.15, 0.2) is 0 Å². The minimum atomic E-state index is -0.233. The number of anilines is 1. The molecule has 0 spiro atoms. The second-order valence-corrected chi connectivity index (χ2v) is 3.45. The van der Waals surface area contributed by atoms with Gasteiger partial charge in [0.1, 0.15) is 5.75 Å². The molecule has 0 aromatic heterocycles. The number of amides is 1. The van der Waals surface area contributed by atoms with Crippen LogP contribution in [-0.4, -0.2) is 19.1 Å². The normalized spacial score (nSPS) is 11.6. The zero-order valence-electron chi connectivity index (χ0n) is 9.49. The maximum absolute atomic E-state index is 11.8. The molecule has 0 saturated carbocycles. The average Bonchev–Trinajstić information content (AvgIpc) is 2.29. The molecule has 4 heteroatoms. The molecule has 1 amide bonds. The molecule has 4 nitrogen and oxygen atoms in total. The molecule has 0 aliphatic rings. The Morgan fingerprint density at radius 2 is 2.31 bits per heavy atom. The predicted molar refractivity (Wildman–Crippen MR) is 64.5 cm³/mol. The van der Waals surface area contributed by atoms with Gasteiger partial charge in [-0.25, -0.2) is 0 Å². The Kier molecular flexibility index (Phi) is 3.94. The fourth-order valence-corrected chi connectivity index (χ4v) is 1.20. The Morgan fingerprint density at radius 3 is 2.88 bits per heavy atom. The molecule has 0 bridgehead atoms. The van der Waals surface area contributed by atoms with Crippen molar-refractivity contribution in [3.8, 4) is 5.75 Å². The number of benzene rings is 1. The molecule has 1 aromatic rings. The van der Waals surface area contributed by atoms with Gasteiger partial charge in [-0.05, 0) is 25.1 Å². The van der Waals surface area contributed by atoms with Gasteiger partial charge >= 0.3 is 0 Å². The third-order valence-corrected chi connectivity index (χ3v) is 2.22. The van der Waals surface area contributed by atoms with Gasteiger partial charge in [-0.2, -0.15) is 0 Å². The lowest BCUT2D eigenvalue weighted by Crippen LogP contribution is -2.31.